The summed E-state index contributed by atoms with van der Waals surface area (Å²) in [6, 6.07) is 7.84. The molecule has 2 saturated heterocycles. The topological polar surface area (TPSA) is 102 Å². The molecule has 11 heteroatoms. The largest absolute Gasteiger partial charge is 0.478 e. The molecule has 4 heterocycles. The second-order valence-corrected chi connectivity index (χ2v) is 10.4. The number of aromatic nitrogens is 3. The SMILES string of the molecule is Cc1ccccc1-c1noc(C2CC2)c1CO[C@@H]1CC2CC[C@@H](C1)N2c1ncc(C(=O)O)c(C(F)(F)F)n1. The van der Waals surface area contributed by atoms with Crippen molar-refractivity contribution in [3.05, 3.63) is 58.6 Å². The number of hydrogen-bond donors (Lipinski definition) is 1. The highest BCUT2D eigenvalue weighted by molar-refractivity contribution is 5.88. The van der Waals surface area contributed by atoms with Gasteiger partial charge in [0, 0.05) is 35.3 Å². The van der Waals surface area contributed by atoms with Gasteiger partial charge in [-0.25, -0.2) is 14.8 Å². The number of anilines is 1. The number of carbonyl (C=O) groups is 1. The molecule has 0 amide bonds. The van der Waals surface area contributed by atoms with Crippen LogP contribution in [0.2, 0.25) is 0 Å². The first-order valence-corrected chi connectivity index (χ1v) is 12.8. The molecule has 1 unspecified atom stereocenters. The van der Waals surface area contributed by atoms with E-state index in [9.17, 15) is 18.0 Å². The number of alkyl halides is 3. The number of hydrogen-bond acceptors (Lipinski definition) is 7. The van der Waals surface area contributed by atoms with Crippen molar-refractivity contribution < 1.29 is 32.3 Å². The number of aryl methyl sites for hydroxylation is 1. The van der Waals surface area contributed by atoms with Gasteiger partial charge >= 0.3 is 12.1 Å². The van der Waals surface area contributed by atoms with E-state index in [2.05, 4.69) is 15.1 Å². The Kier molecular flexibility index (Phi) is 6.13. The molecule has 1 aliphatic carbocycles. The first kappa shape index (κ1) is 24.8. The van der Waals surface area contributed by atoms with Gasteiger partial charge in [-0.1, -0.05) is 29.4 Å². The van der Waals surface area contributed by atoms with Crippen LogP contribution in [0.5, 0.6) is 0 Å². The normalized spacial score (nSPS) is 23.2. The molecular formula is C27H27F3N4O4. The highest BCUT2D eigenvalue weighted by Gasteiger charge is 2.45. The van der Waals surface area contributed by atoms with E-state index in [1.807, 2.05) is 36.1 Å². The molecule has 3 atom stereocenters. The summed E-state index contributed by atoms with van der Waals surface area (Å²) in [7, 11) is 0. The number of benzene rings is 1. The summed E-state index contributed by atoms with van der Waals surface area (Å²) >= 11 is 0. The third-order valence-corrected chi connectivity index (χ3v) is 7.83. The minimum absolute atomic E-state index is 0.0785. The third-order valence-electron chi connectivity index (χ3n) is 7.83. The Morgan fingerprint density at radius 3 is 2.50 bits per heavy atom. The third kappa shape index (κ3) is 4.53. The maximum absolute atomic E-state index is 13.5. The molecule has 38 heavy (non-hydrogen) atoms. The van der Waals surface area contributed by atoms with Crippen LogP contribution in [0.1, 0.15) is 77.4 Å². The molecule has 6 rings (SSSR count). The molecule has 2 aromatic heterocycles. The van der Waals surface area contributed by atoms with Crippen molar-refractivity contribution in [3.8, 4) is 11.3 Å². The number of fused-ring (bicyclic) bond motifs is 2. The van der Waals surface area contributed by atoms with Crippen LogP contribution in [0.15, 0.2) is 35.0 Å². The number of carboxylic acids is 1. The van der Waals surface area contributed by atoms with Gasteiger partial charge < -0.3 is 19.3 Å². The molecular weight excluding hydrogens is 501 g/mol. The standard InChI is InChI=1S/C27H27F3N4O4/c1-14-4-2-3-5-19(14)22-21(23(38-33-22)15-6-7-15)13-37-18-10-16-8-9-17(11-18)34(16)26-31-12-20(25(35)36)24(32-26)27(28,29)30/h2-5,12,15-18H,6-11,13H2,1H3,(H,35,36)/t16-,17?,18-/m0/s1. The fourth-order valence-electron chi connectivity index (χ4n) is 5.84. The van der Waals surface area contributed by atoms with Gasteiger partial charge in [0.2, 0.25) is 5.95 Å². The predicted octanol–water partition coefficient (Wildman–Crippen LogP) is 5.75. The fourth-order valence-corrected chi connectivity index (χ4v) is 5.84. The number of piperidine rings is 1. The van der Waals surface area contributed by atoms with Gasteiger partial charge in [-0.15, -0.1) is 0 Å². The maximum atomic E-state index is 13.5. The van der Waals surface area contributed by atoms with Crippen molar-refractivity contribution >= 4 is 11.9 Å². The van der Waals surface area contributed by atoms with E-state index in [1.165, 1.54) is 0 Å². The van der Waals surface area contributed by atoms with Gasteiger partial charge in [0.15, 0.2) is 5.69 Å². The van der Waals surface area contributed by atoms with E-state index in [1.54, 1.807) is 0 Å². The van der Waals surface area contributed by atoms with Crippen LogP contribution in [0, 0.1) is 6.92 Å². The zero-order valence-electron chi connectivity index (χ0n) is 20.7. The van der Waals surface area contributed by atoms with Crippen molar-refractivity contribution in [1.29, 1.82) is 0 Å². The molecule has 2 aliphatic heterocycles. The summed E-state index contributed by atoms with van der Waals surface area (Å²) in [6.07, 6.45) is 0.715. The van der Waals surface area contributed by atoms with Crippen LogP contribution in [-0.4, -0.2) is 44.4 Å². The average molecular weight is 529 g/mol. The van der Waals surface area contributed by atoms with Gasteiger partial charge in [0.1, 0.15) is 17.0 Å². The number of halogens is 3. The van der Waals surface area contributed by atoms with Crippen LogP contribution < -0.4 is 4.90 Å². The molecule has 1 N–H and O–H groups in total. The molecule has 3 aliphatic rings. The van der Waals surface area contributed by atoms with Crippen molar-refractivity contribution in [3.63, 3.8) is 0 Å². The van der Waals surface area contributed by atoms with Gasteiger partial charge in [0.05, 0.1) is 12.7 Å². The monoisotopic (exact) mass is 528 g/mol. The summed E-state index contributed by atoms with van der Waals surface area (Å²) in [6.45, 7) is 2.39. The van der Waals surface area contributed by atoms with Crippen LogP contribution in [0.25, 0.3) is 11.3 Å². The lowest BCUT2D eigenvalue weighted by Crippen LogP contribution is -2.46. The lowest BCUT2D eigenvalue weighted by atomic mass is 9.99. The number of nitrogens with zero attached hydrogens (tertiary/aromatic N) is 4. The second-order valence-electron chi connectivity index (χ2n) is 10.4. The van der Waals surface area contributed by atoms with Crippen LogP contribution in [0.3, 0.4) is 0 Å². The van der Waals surface area contributed by atoms with Crippen LogP contribution in [0.4, 0.5) is 19.1 Å². The zero-order chi connectivity index (χ0) is 26.6. The Labute approximate surface area is 216 Å². The quantitative estimate of drug-likeness (QED) is 0.414. The van der Waals surface area contributed by atoms with E-state index in [0.717, 1.165) is 60.0 Å². The minimum Gasteiger partial charge on any atom is -0.478 e. The summed E-state index contributed by atoms with van der Waals surface area (Å²) in [4.78, 5) is 20.8. The maximum Gasteiger partial charge on any atom is 0.434 e. The van der Waals surface area contributed by atoms with Crippen molar-refractivity contribution in [2.45, 2.75) is 82.3 Å². The number of aromatic carboxylic acids is 1. The predicted molar refractivity (Wildman–Crippen MR) is 130 cm³/mol. The summed E-state index contributed by atoms with van der Waals surface area (Å²) < 4.78 is 52.8. The first-order valence-electron chi connectivity index (χ1n) is 12.8. The fraction of sp³-hybridized carbons (Fsp3) is 0.481. The van der Waals surface area contributed by atoms with E-state index in [0.29, 0.717) is 25.4 Å². The van der Waals surface area contributed by atoms with Gasteiger partial charge in [-0.05, 0) is 51.0 Å². The van der Waals surface area contributed by atoms with Crippen LogP contribution in [-0.2, 0) is 17.5 Å². The molecule has 200 valence electrons. The van der Waals surface area contributed by atoms with Gasteiger partial charge in [-0.3, -0.25) is 0 Å². The molecule has 1 saturated carbocycles. The van der Waals surface area contributed by atoms with Crippen LogP contribution >= 0.6 is 0 Å². The molecule has 0 spiro atoms. The van der Waals surface area contributed by atoms with Crippen molar-refractivity contribution in [2.24, 2.45) is 0 Å². The first-order chi connectivity index (χ1) is 18.2. The second kappa shape index (κ2) is 9.37. The lowest BCUT2D eigenvalue weighted by Gasteiger charge is -2.39. The number of rotatable bonds is 7. The highest BCUT2D eigenvalue weighted by atomic mass is 19.4. The van der Waals surface area contributed by atoms with E-state index >= 15 is 0 Å². The zero-order valence-corrected chi connectivity index (χ0v) is 20.7. The molecule has 1 aromatic carbocycles. The smallest absolute Gasteiger partial charge is 0.434 e. The van der Waals surface area contributed by atoms with Crippen molar-refractivity contribution in [2.75, 3.05) is 4.90 Å². The lowest BCUT2D eigenvalue weighted by molar-refractivity contribution is -0.141. The molecule has 2 bridgehead atoms. The van der Waals surface area contributed by atoms with E-state index < -0.39 is 23.4 Å². The Hall–Kier alpha value is -3.47. The molecule has 3 aromatic rings. The summed E-state index contributed by atoms with van der Waals surface area (Å²) in [5.74, 6) is -0.533. The average Bonchev–Trinajstić information content (AvgIpc) is 3.58. The van der Waals surface area contributed by atoms with Gasteiger partial charge in [0.25, 0.3) is 0 Å². The van der Waals surface area contributed by atoms with E-state index in [4.69, 9.17) is 14.4 Å². The highest BCUT2D eigenvalue weighted by Crippen LogP contribution is 2.45. The molecule has 3 fully saturated rings. The van der Waals surface area contributed by atoms with Gasteiger partial charge in [-0.2, -0.15) is 13.2 Å². The van der Waals surface area contributed by atoms with Crippen molar-refractivity contribution in [1.82, 2.24) is 15.1 Å². The summed E-state index contributed by atoms with van der Waals surface area (Å²) in [5.41, 5.74) is 1.52. The van der Waals surface area contributed by atoms with E-state index in [-0.39, 0.29) is 24.1 Å². The number of carboxylic acid groups (broad SMARTS) is 1. The Bertz CT molecular complexity index is 1360. The Morgan fingerprint density at radius 1 is 1.16 bits per heavy atom. The molecule has 8 nitrogen and oxygen atoms in total. The Balaban J connectivity index is 1.20. The Morgan fingerprint density at radius 2 is 1.87 bits per heavy atom. The minimum atomic E-state index is -4.89. The summed E-state index contributed by atoms with van der Waals surface area (Å²) in [5, 5.41) is 13.6. The molecule has 0 radical (unpaired) electrons. The number of ether oxygens (including phenoxy) is 1.